The van der Waals surface area contributed by atoms with E-state index >= 15 is 0 Å². The van der Waals surface area contributed by atoms with Gasteiger partial charge in [-0.3, -0.25) is 4.79 Å². The molecule has 2 atom stereocenters. The van der Waals surface area contributed by atoms with E-state index in [2.05, 4.69) is 34.6 Å². The number of Topliss-reactive ketones (excluding diaryl/α,β-unsaturated/α-hetero) is 1. The number of ketones is 1. The van der Waals surface area contributed by atoms with Crippen molar-refractivity contribution >= 4 is 5.78 Å². The highest BCUT2D eigenvalue weighted by atomic mass is 16.1. The number of hydrogen-bond acceptors (Lipinski definition) is 1. The molecule has 2 aliphatic carbocycles. The van der Waals surface area contributed by atoms with Gasteiger partial charge in [-0.05, 0) is 68.6 Å². The standard InChI is InChI=1S/C10H18O.C10H20/c1-7(2)9-4-5-10(6-9)8(3)11;1-8(2)10-6-4-9(3)5-7-10/h7,9-10H,4-6H2,1-3H3;8-10H,4-7H2,1-3H3. The van der Waals surface area contributed by atoms with Gasteiger partial charge in [0.2, 0.25) is 0 Å². The number of carbonyl (C=O) groups excluding carboxylic acids is 1. The molecule has 2 unspecified atom stereocenters. The van der Waals surface area contributed by atoms with Crippen LogP contribution in [0.1, 0.15) is 86.5 Å². The van der Waals surface area contributed by atoms with E-state index in [1.807, 2.05) is 0 Å². The molecule has 0 aliphatic heterocycles. The summed E-state index contributed by atoms with van der Waals surface area (Å²) in [6.07, 6.45) is 9.47. The molecular formula is C20H38O. The molecule has 124 valence electrons. The van der Waals surface area contributed by atoms with E-state index in [4.69, 9.17) is 0 Å². The second-order valence-corrected chi connectivity index (χ2v) is 8.39. The van der Waals surface area contributed by atoms with E-state index < -0.39 is 0 Å². The van der Waals surface area contributed by atoms with Gasteiger partial charge < -0.3 is 0 Å². The van der Waals surface area contributed by atoms with E-state index in [1.54, 1.807) is 6.92 Å². The molecule has 0 bridgehead atoms. The Morgan fingerprint density at radius 3 is 1.62 bits per heavy atom. The molecule has 2 rings (SSSR count). The van der Waals surface area contributed by atoms with E-state index in [0.29, 0.717) is 11.7 Å². The van der Waals surface area contributed by atoms with Crippen molar-refractivity contribution in [1.82, 2.24) is 0 Å². The molecule has 0 aromatic carbocycles. The molecule has 0 saturated heterocycles. The van der Waals surface area contributed by atoms with Crippen molar-refractivity contribution in [2.45, 2.75) is 86.5 Å². The van der Waals surface area contributed by atoms with E-state index in [-0.39, 0.29) is 0 Å². The molecule has 0 heterocycles. The van der Waals surface area contributed by atoms with Crippen LogP contribution in [0.25, 0.3) is 0 Å². The van der Waals surface area contributed by atoms with Gasteiger partial charge in [-0.15, -0.1) is 0 Å². The number of hydrogen-bond donors (Lipinski definition) is 0. The van der Waals surface area contributed by atoms with Gasteiger partial charge in [0.25, 0.3) is 0 Å². The fraction of sp³-hybridized carbons (Fsp3) is 0.950. The smallest absolute Gasteiger partial charge is 0.132 e. The van der Waals surface area contributed by atoms with Gasteiger partial charge >= 0.3 is 0 Å². The summed E-state index contributed by atoms with van der Waals surface area (Å²) in [5.74, 6) is 5.33. The summed E-state index contributed by atoms with van der Waals surface area (Å²) in [6, 6.07) is 0. The van der Waals surface area contributed by atoms with Crippen molar-refractivity contribution < 1.29 is 4.79 Å². The summed E-state index contributed by atoms with van der Waals surface area (Å²) >= 11 is 0. The Labute approximate surface area is 133 Å². The molecule has 1 nitrogen and oxygen atoms in total. The Kier molecular flexibility index (Phi) is 7.98. The molecule has 0 radical (unpaired) electrons. The van der Waals surface area contributed by atoms with Crippen molar-refractivity contribution in [2.24, 2.45) is 35.5 Å². The molecule has 0 amide bonds. The number of carbonyl (C=O) groups is 1. The first kappa shape index (κ1) is 18.7. The average Bonchev–Trinajstić information content (AvgIpc) is 2.90. The Morgan fingerprint density at radius 1 is 0.810 bits per heavy atom. The summed E-state index contributed by atoms with van der Waals surface area (Å²) < 4.78 is 0. The van der Waals surface area contributed by atoms with Crippen molar-refractivity contribution in [1.29, 1.82) is 0 Å². The summed E-state index contributed by atoms with van der Waals surface area (Å²) in [5.41, 5.74) is 0. The molecule has 0 N–H and O–H groups in total. The zero-order valence-corrected chi connectivity index (χ0v) is 15.3. The van der Waals surface area contributed by atoms with Crippen LogP contribution >= 0.6 is 0 Å². The highest BCUT2D eigenvalue weighted by Gasteiger charge is 2.28. The van der Waals surface area contributed by atoms with Crippen LogP contribution in [0, 0.1) is 35.5 Å². The molecule has 21 heavy (non-hydrogen) atoms. The van der Waals surface area contributed by atoms with Crippen molar-refractivity contribution in [3.8, 4) is 0 Å². The molecule has 2 saturated carbocycles. The normalized spacial score (nSPS) is 33.0. The van der Waals surface area contributed by atoms with Gasteiger partial charge in [-0.1, -0.05) is 47.5 Å². The maximum Gasteiger partial charge on any atom is 0.132 e. The lowest BCUT2D eigenvalue weighted by Gasteiger charge is -2.28. The minimum atomic E-state index is 0.391. The summed E-state index contributed by atoms with van der Waals surface area (Å²) in [7, 11) is 0. The third-order valence-electron chi connectivity index (χ3n) is 5.99. The van der Waals surface area contributed by atoms with Crippen LogP contribution in [-0.2, 0) is 4.79 Å². The van der Waals surface area contributed by atoms with Crippen LogP contribution in [-0.4, -0.2) is 5.78 Å². The SMILES string of the molecule is CC(=O)C1CCC(C(C)C)C1.CC1CCC(C(C)C)CC1. The quantitative estimate of drug-likeness (QED) is 0.613. The van der Waals surface area contributed by atoms with Gasteiger partial charge in [0.15, 0.2) is 0 Å². The molecule has 2 aliphatic rings. The fourth-order valence-electron chi connectivity index (χ4n) is 3.94. The lowest BCUT2D eigenvalue weighted by Crippen LogP contribution is -2.16. The lowest BCUT2D eigenvalue weighted by molar-refractivity contribution is -0.120. The summed E-state index contributed by atoms with van der Waals surface area (Å²) in [5, 5.41) is 0. The lowest BCUT2D eigenvalue weighted by atomic mass is 9.78. The summed E-state index contributed by atoms with van der Waals surface area (Å²) in [4.78, 5) is 11.0. The Hall–Kier alpha value is -0.330. The second-order valence-electron chi connectivity index (χ2n) is 8.39. The van der Waals surface area contributed by atoms with Gasteiger partial charge in [0.1, 0.15) is 5.78 Å². The Balaban J connectivity index is 0.000000211. The molecule has 0 aromatic heterocycles. The van der Waals surface area contributed by atoms with Gasteiger partial charge in [0.05, 0.1) is 0 Å². The van der Waals surface area contributed by atoms with Crippen LogP contribution < -0.4 is 0 Å². The highest BCUT2D eigenvalue weighted by molar-refractivity contribution is 5.78. The number of rotatable bonds is 3. The molecule has 1 heteroatoms. The summed E-state index contributed by atoms with van der Waals surface area (Å²) in [6.45, 7) is 13.4. The predicted octanol–water partition coefficient (Wildman–Crippen LogP) is 6.12. The molecule has 2 fully saturated rings. The second kappa shape index (κ2) is 8.96. The molecular weight excluding hydrogens is 256 g/mol. The molecule has 0 aromatic rings. The van der Waals surface area contributed by atoms with Crippen LogP contribution in [0.15, 0.2) is 0 Å². The highest BCUT2D eigenvalue weighted by Crippen LogP contribution is 2.35. The van der Waals surface area contributed by atoms with Crippen LogP contribution in [0.3, 0.4) is 0 Å². The third kappa shape index (κ3) is 6.53. The predicted molar refractivity (Wildman–Crippen MR) is 92.3 cm³/mol. The Bertz CT molecular complexity index is 297. The van der Waals surface area contributed by atoms with Crippen molar-refractivity contribution in [3.05, 3.63) is 0 Å². The topological polar surface area (TPSA) is 17.1 Å². The van der Waals surface area contributed by atoms with Gasteiger partial charge in [0, 0.05) is 5.92 Å². The van der Waals surface area contributed by atoms with Crippen molar-refractivity contribution in [2.75, 3.05) is 0 Å². The first-order chi connectivity index (χ1) is 9.81. The molecule has 0 spiro atoms. The van der Waals surface area contributed by atoms with Crippen molar-refractivity contribution in [3.63, 3.8) is 0 Å². The van der Waals surface area contributed by atoms with E-state index in [1.165, 1.54) is 32.1 Å². The third-order valence-corrected chi connectivity index (χ3v) is 5.99. The van der Waals surface area contributed by atoms with Gasteiger partial charge in [-0.2, -0.15) is 0 Å². The zero-order chi connectivity index (χ0) is 16.0. The average molecular weight is 295 g/mol. The van der Waals surface area contributed by atoms with E-state index in [9.17, 15) is 4.79 Å². The van der Waals surface area contributed by atoms with Gasteiger partial charge in [-0.25, -0.2) is 0 Å². The maximum atomic E-state index is 11.0. The van der Waals surface area contributed by atoms with Crippen LogP contribution in [0.5, 0.6) is 0 Å². The Morgan fingerprint density at radius 2 is 1.29 bits per heavy atom. The van der Waals surface area contributed by atoms with Crippen LogP contribution in [0.2, 0.25) is 0 Å². The maximum absolute atomic E-state index is 11.0. The first-order valence-electron chi connectivity index (χ1n) is 9.31. The fourth-order valence-corrected chi connectivity index (χ4v) is 3.94. The minimum absolute atomic E-state index is 0.391. The monoisotopic (exact) mass is 294 g/mol. The largest absolute Gasteiger partial charge is 0.300 e. The zero-order valence-electron chi connectivity index (χ0n) is 15.3. The van der Waals surface area contributed by atoms with Crippen LogP contribution in [0.4, 0.5) is 0 Å². The first-order valence-corrected chi connectivity index (χ1v) is 9.31. The van der Waals surface area contributed by atoms with E-state index in [0.717, 1.165) is 42.4 Å². The minimum Gasteiger partial charge on any atom is -0.300 e.